The fourth-order valence-corrected chi connectivity index (χ4v) is 2.66. The molecule has 112 valence electrons. The molecule has 22 heavy (non-hydrogen) atoms. The van der Waals surface area contributed by atoms with Gasteiger partial charge < -0.3 is 14.2 Å². The molecule has 0 unspecified atom stereocenters. The van der Waals surface area contributed by atoms with E-state index in [1.165, 1.54) is 11.3 Å². The Balaban J connectivity index is 1.93. The van der Waals surface area contributed by atoms with Gasteiger partial charge in [0.05, 0.1) is 19.1 Å². The van der Waals surface area contributed by atoms with Gasteiger partial charge in [-0.2, -0.15) is 0 Å². The standard InChI is InChI=1S/C16H13NO4S/c1-19-12-6-5-10(9-13(12)20-2)8-11-16(18)21-15(17-11)14-4-3-7-22-14/h3-9H,1-2H3/b11-8-. The number of aliphatic imine (C=N–C) groups is 1. The molecule has 1 aliphatic heterocycles. The van der Waals surface area contributed by atoms with Gasteiger partial charge >= 0.3 is 5.97 Å². The fourth-order valence-electron chi connectivity index (χ4n) is 2.02. The minimum Gasteiger partial charge on any atom is -0.493 e. The van der Waals surface area contributed by atoms with Gasteiger partial charge in [-0.1, -0.05) is 12.1 Å². The van der Waals surface area contributed by atoms with Crippen molar-refractivity contribution in [1.82, 2.24) is 0 Å². The van der Waals surface area contributed by atoms with Gasteiger partial charge in [-0.05, 0) is 35.2 Å². The van der Waals surface area contributed by atoms with Gasteiger partial charge in [0.15, 0.2) is 17.2 Å². The molecule has 0 radical (unpaired) electrons. The number of hydrogen-bond donors (Lipinski definition) is 0. The molecule has 0 atom stereocenters. The molecular formula is C16H13NO4S. The molecule has 0 saturated heterocycles. The highest BCUT2D eigenvalue weighted by atomic mass is 32.1. The minimum atomic E-state index is -0.460. The van der Waals surface area contributed by atoms with Crippen molar-refractivity contribution >= 4 is 29.3 Å². The smallest absolute Gasteiger partial charge is 0.363 e. The predicted molar refractivity (Wildman–Crippen MR) is 84.5 cm³/mol. The summed E-state index contributed by atoms with van der Waals surface area (Å²) in [5.41, 5.74) is 1.04. The summed E-state index contributed by atoms with van der Waals surface area (Å²) < 4.78 is 15.6. The molecule has 0 spiro atoms. The van der Waals surface area contributed by atoms with Gasteiger partial charge in [0.1, 0.15) is 0 Å². The molecule has 1 aromatic heterocycles. The van der Waals surface area contributed by atoms with Crippen LogP contribution in [0.3, 0.4) is 0 Å². The molecular weight excluding hydrogens is 302 g/mol. The molecule has 2 heterocycles. The number of carbonyl (C=O) groups excluding carboxylic acids is 1. The molecule has 6 heteroatoms. The number of rotatable bonds is 4. The SMILES string of the molecule is COc1ccc(/C=C2\N=C(c3cccs3)OC2=O)cc1OC. The van der Waals surface area contributed by atoms with Gasteiger partial charge in [-0.15, -0.1) is 11.3 Å². The highest BCUT2D eigenvalue weighted by Gasteiger charge is 2.24. The Kier molecular flexibility index (Phi) is 3.93. The van der Waals surface area contributed by atoms with E-state index in [2.05, 4.69) is 4.99 Å². The summed E-state index contributed by atoms with van der Waals surface area (Å²) in [6.45, 7) is 0. The molecule has 0 fully saturated rings. The maximum absolute atomic E-state index is 11.9. The number of methoxy groups -OCH3 is 2. The summed E-state index contributed by atoms with van der Waals surface area (Å²) in [6, 6.07) is 9.11. The van der Waals surface area contributed by atoms with Crippen LogP contribution >= 0.6 is 11.3 Å². The predicted octanol–water partition coefficient (Wildman–Crippen LogP) is 3.11. The summed E-state index contributed by atoms with van der Waals surface area (Å²) in [7, 11) is 3.13. The van der Waals surface area contributed by atoms with Crippen LogP contribution < -0.4 is 9.47 Å². The highest BCUT2D eigenvalue weighted by molar-refractivity contribution is 7.12. The molecule has 5 nitrogen and oxygen atoms in total. The van der Waals surface area contributed by atoms with Crippen molar-refractivity contribution < 1.29 is 19.0 Å². The zero-order chi connectivity index (χ0) is 15.5. The average molecular weight is 315 g/mol. The Bertz CT molecular complexity index is 762. The number of carbonyl (C=O) groups is 1. The van der Waals surface area contributed by atoms with E-state index in [0.717, 1.165) is 10.4 Å². The Morgan fingerprint density at radius 1 is 1.18 bits per heavy atom. The first kappa shape index (κ1) is 14.3. The lowest BCUT2D eigenvalue weighted by molar-refractivity contribution is -0.129. The van der Waals surface area contributed by atoms with E-state index < -0.39 is 5.97 Å². The number of thiophene rings is 1. The van der Waals surface area contributed by atoms with Crippen molar-refractivity contribution in [3.05, 3.63) is 51.8 Å². The lowest BCUT2D eigenvalue weighted by Crippen LogP contribution is -2.03. The molecule has 3 rings (SSSR count). The van der Waals surface area contributed by atoms with E-state index >= 15 is 0 Å². The Morgan fingerprint density at radius 2 is 2.00 bits per heavy atom. The van der Waals surface area contributed by atoms with E-state index in [1.54, 1.807) is 32.4 Å². The van der Waals surface area contributed by atoms with Gasteiger partial charge in [0, 0.05) is 0 Å². The van der Waals surface area contributed by atoms with Crippen molar-refractivity contribution in [2.75, 3.05) is 14.2 Å². The topological polar surface area (TPSA) is 57.1 Å². The van der Waals surface area contributed by atoms with E-state index in [4.69, 9.17) is 14.2 Å². The Labute approximate surface area is 131 Å². The van der Waals surface area contributed by atoms with Crippen LogP contribution in [0.5, 0.6) is 11.5 Å². The van der Waals surface area contributed by atoms with E-state index in [-0.39, 0.29) is 5.70 Å². The first-order valence-electron chi connectivity index (χ1n) is 6.49. The molecule has 0 N–H and O–H groups in total. The normalized spacial score (nSPS) is 15.6. The van der Waals surface area contributed by atoms with Crippen LogP contribution in [0.1, 0.15) is 10.4 Å². The van der Waals surface area contributed by atoms with Crippen LogP contribution in [0, 0.1) is 0 Å². The van der Waals surface area contributed by atoms with E-state index in [1.807, 2.05) is 23.6 Å². The fraction of sp³-hybridized carbons (Fsp3) is 0.125. The summed E-state index contributed by atoms with van der Waals surface area (Å²) >= 11 is 1.47. The molecule has 0 saturated carbocycles. The number of benzene rings is 1. The maximum atomic E-state index is 11.9. The van der Waals surface area contributed by atoms with Crippen LogP contribution in [0.4, 0.5) is 0 Å². The molecule has 2 aromatic rings. The summed E-state index contributed by atoms with van der Waals surface area (Å²) in [4.78, 5) is 17.0. The zero-order valence-corrected chi connectivity index (χ0v) is 12.8. The number of nitrogens with zero attached hydrogens (tertiary/aromatic N) is 1. The number of cyclic esters (lactones) is 1. The second-order valence-corrected chi connectivity index (χ2v) is 5.38. The first-order chi connectivity index (χ1) is 10.7. The molecule has 1 aliphatic rings. The molecule has 0 bridgehead atoms. The van der Waals surface area contributed by atoms with Crippen molar-refractivity contribution in [2.24, 2.45) is 4.99 Å². The highest BCUT2D eigenvalue weighted by Crippen LogP contribution is 2.29. The van der Waals surface area contributed by atoms with E-state index in [9.17, 15) is 4.79 Å². The third-order valence-corrected chi connectivity index (χ3v) is 3.92. The molecule has 0 amide bonds. The van der Waals surface area contributed by atoms with Gasteiger partial charge in [0.2, 0.25) is 5.90 Å². The van der Waals surface area contributed by atoms with Gasteiger partial charge in [-0.3, -0.25) is 0 Å². The third kappa shape index (κ3) is 2.73. The van der Waals surface area contributed by atoms with Crippen LogP contribution in [0.2, 0.25) is 0 Å². The minimum absolute atomic E-state index is 0.260. The van der Waals surface area contributed by atoms with Crippen molar-refractivity contribution in [2.45, 2.75) is 0 Å². The van der Waals surface area contributed by atoms with Crippen LogP contribution in [-0.4, -0.2) is 26.1 Å². The zero-order valence-electron chi connectivity index (χ0n) is 12.0. The lowest BCUT2D eigenvalue weighted by atomic mass is 10.1. The first-order valence-corrected chi connectivity index (χ1v) is 7.37. The van der Waals surface area contributed by atoms with Crippen LogP contribution in [0.15, 0.2) is 46.4 Å². The van der Waals surface area contributed by atoms with Crippen molar-refractivity contribution in [1.29, 1.82) is 0 Å². The Hall–Kier alpha value is -2.60. The molecule has 1 aromatic carbocycles. The molecule has 0 aliphatic carbocycles. The third-order valence-electron chi connectivity index (χ3n) is 3.06. The van der Waals surface area contributed by atoms with Crippen LogP contribution in [0.25, 0.3) is 6.08 Å². The van der Waals surface area contributed by atoms with E-state index in [0.29, 0.717) is 17.4 Å². The lowest BCUT2D eigenvalue weighted by Gasteiger charge is -2.07. The quantitative estimate of drug-likeness (QED) is 0.642. The van der Waals surface area contributed by atoms with Crippen LogP contribution in [-0.2, 0) is 9.53 Å². The monoisotopic (exact) mass is 315 g/mol. The summed E-state index contributed by atoms with van der Waals surface area (Å²) in [6.07, 6.45) is 1.66. The van der Waals surface area contributed by atoms with Crippen molar-refractivity contribution in [3.63, 3.8) is 0 Å². The number of esters is 1. The van der Waals surface area contributed by atoms with Gasteiger partial charge in [-0.25, -0.2) is 9.79 Å². The summed E-state index contributed by atoms with van der Waals surface area (Å²) in [5.74, 6) is 1.09. The second kappa shape index (κ2) is 6.03. The number of ether oxygens (including phenoxy) is 3. The van der Waals surface area contributed by atoms with Gasteiger partial charge in [0.25, 0.3) is 0 Å². The van der Waals surface area contributed by atoms with Crippen molar-refractivity contribution in [3.8, 4) is 11.5 Å². The second-order valence-electron chi connectivity index (χ2n) is 4.43. The largest absolute Gasteiger partial charge is 0.493 e. The Morgan fingerprint density at radius 3 is 2.68 bits per heavy atom. The average Bonchev–Trinajstić information content (AvgIpc) is 3.17. The summed E-state index contributed by atoms with van der Waals surface area (Å²) in [5, 5.41) is 1.90. The maximum Gasteiger partial charge on any atom is 0.363 e. The number of hydrogen-bond acceptors (Lipinski definition) is 6.